The first-order chi connectivity index (χ1) is 7.69. The molecule has 0 radical (unpaired) electrons. The van der Waals surface area contributed by atoms with E-state index in [1.807, 2.05) is 6.07 Å². The van der Waals surface area contributed by atoms with Gasteiger partial charge in [0.05, 0.1) is 23.5 Å². The van der Waals surface area contributed by atoms with Crippen molar-refractivity contribution in [3.8, 4) is 6.07 Å². The molecule has 0 aliphatic rings. The number of nitrogens with one attached hydrogen (secondary N) is 1. The maximum Gasteiger partial charge on any atom is 0.325 e. The first-order valence-electron chi connectivity index (χ1n) is 4.87. The summed E-state index contributed by atoms with van der Waals surface area (Å²) in [6.45, 7) is 2.11. The van der Waals surface area contributed by atoms with Gasteiger partial charge in [-0.2, -0.15) is 5.26 Å². The summed E-state index contributed by atoms with van der Waals surface area (Å²) in [7, 11) is 0. The van der Waals surface area contributed by atoms with Crippen molar-refractivity contribution in [1.82, 2.24) is 0 Å². The third-order valence-electron chi connectivity index (χ3n) is 1.96. The Labute approximate surface area is 93.8 Å². The third-order valence-corrected chi connectivity index (χ3v) is 1.96. The summed E-state index contributed by atoms with van der Waals surface area (Å²) in [5.41, 5.74) is 7.00. The Kier molecular flexibility index (Phi) is 4.16. The number of hydrogen-bond acceptors (Lipinski definition) is 5. The minimum Gasteiger partial charge on any atom is -0.465 e. The van der Waals surface area contributed by atoms with Gasteiger partial charge in [0.2, 0.25) is 0 Å². The van der Waals surface area contributed by atoms with Gasteiger partial charge in [-0.15, -0.1) is 0 Å². The lowest BCUT2D eigenvalue weighted by molar-refractivity contribution is -0.140. The Morgan fingerprint density at radius 1 is 1.62 bits per heavy atom. The van der Waals surface area contributed by atoms with Gasteiger partial charge in [0.25, 0.3) is 0 Å². The van der Waals surface area contributed by atoms with E-state index in [-0.39, 0.29) is 12.5 Å². The molecule has 0 saturated heterocycles. The number of carbonyl (C=O) groups is 1. The molecule has 0 aliphatic carbocycles. The highest BCUT2D eigenvalue weighted by molar-refractivity contribution is 5.79. The second-order valence-corrected chi connectivity index (χ2v) is 3.04. The van der Waals surface area contributed by atoms with Crippen molar-refractivity contribution >= 4 is 17.3 Å². The smallest absolute Gasteiger partial charge is 0.325 e. The summed E-state index contributed by atoms with van der Waals surface area (Å²) in [5, 5.41) is 11.6. The number of ether oxygens (including phenoxy) is 1. The first kappa shape index (κ1) is 11.9. The van der Waals surface area contributed by atoms with Gasteiger partial charge in [-0.1, -0.05) is 6.07 Å². The predicted molar refractivity (Wildman–Crippen MR) is 60.7 cm³/mol. The van der Waals surface area contributed by atoms with Gasteiger partial charge < -0.3 is 15.8 Å². The van der Waals surface area contributed by atoms with E-state index in [0.29, 0.717) is 23.5 Å². The quantitative estimate of drug-likeness (QED) is 0.585. The highest BCUT2D eigenvalue weighted by atomic mass is 16.5. The predicted octanol–water partition coefficient (Wildman–Crippen LogP) is 1.12. The minimum atomic E-state index is -0.357. The molecule has 0 bridgehead atoms. The Morgan fingerprint density at radius 2 is 2.38 bits per heavy atom. The van der Waals surface area contributed by atoms with Crippen LogP contribution in [0.3, 0.4) is 0 Å². The van der Waals surface area contributed by atoms with E-state index in [2.05, 4.69) is 5.32 Å². The number of benzene rings is 1. The highest BCUT2D eigenvalue weighted by Gasteiger charge is 2.06. The van der Waals surface area contributed by atoms with Crippen LogP contribution < -0.4 is 11.1 Å². The Balaban J connectivity index is 2.68. The molecule has 0 aromatic heterocycles. The Bertz CT molecular complexity index is 424. The summed E-state index contributed by atoms with van der Waals surface area (Å²) in [5.74, 6) is -0.357. The van der Waals surface area contributed by atoms with Crippen LogP contribution in [-0.2, 0) is 9.53 Å². The van der Waals surface area contributed by atoms with Crippen LogP contribution in [0.4, 0.5) is 11.4 Å². The molecule has 16 heavy (non-hydrogen) atoms. The molecule has 0 atom stereocenters. The average Bonchev–Trinajstić information content (AvgIpc) is 2.28. The van der Waals surface area contributed by atoms with E-state index in [1.54, 1.807) is 25.1 Å². The number of para-hydroxylation sites is 1. The van der Waals surface area contributed by atoms with Crippen LogP contribution >= 0.6 is 0 Å². The van der Waals surface area contributed by atoms with Gasteiger partial charge in [0.1, 0.15) is 12.6 Å². The fourth-order valence-corrected chi connectivity index (χ4v) is 1.20. The maximum atomic E-state index is 11.1. The first-order valence-corrected chi connectivity index (χ1v) is 4.87. The molecule has 84 valence electrons. The van der Waals surface area contributed by atoms with Crippen molar-refractivity contribution in [2.75, 3.05) is 24.2 Å². The van der Waals surface area contributed by atoms with Gasteiger partial charge in [-0.25, -0.2) is 0 Å². The molecule has 0 spiro atoms. The SMILES string of the molecule is CCOC(=O)CNc1cccc(C#N)c1N. The lowest BCUT2D eigenvalue weighted by Gasteiger charge is -2.09. The molecule has 5 nitrogen and oxygen atoms in total. The molecule has 0 unspecified atom stereocenters. The lowest BCUT2D eigenvalue weighted by Crippen LogP contribution is -2.17. The van der Waals surface area contributed by atoms with Crippen molar-refractivity contribution < 1.29 is 9.53 Å². The monoisotopic (exact) mass is 219 g/mol. The largest absolute Gasteiger partial charge is 0.465 e. The normalized spacial score (nSPS) is 9.25. The number of esters is 1. The molecule has 0 fully saturated rings. The molecule has 0 aliphatic heterocycles. The Hall–Kier alpha value is -2.22. The molecule has 5 heteroatoms. The van der Waals surface area contributed by atoms with Crippen LogP contribution in [0.15, 0.2) is 18.2 Å². The van der Waals surface area contributed by atoms with Crippen LogP contribution in [0.1, 0.15) is 12.5 Å². The van der Waals surface area contributed by atoms with Crippen LogP contribution in [-0.4, -0.2) is 19.1 Å². The zero-order chi connectivity index (χ0) is 12.0. The van der Waals surface area contributed by atoms with Gasteiger partial charge in [0.15, 0.2) is 0 Å². The maximum absolute atomic E-state index is 11.1. The lowest BCUT2D eigenvalue weighted by atomic mass is 10.1. The fourth-order valence-electron chi connectivity index (χ4n) is 1.20. The fraction of sp³-hybridized carbons (Fsp3) is 0.273. The number of nitrogens with zero attached hydrogens (tertiary/aromatic N) is 1. The molecular formula is C11H13N3O2. The number of nitrogens with two attached hydrogens (primary N) is 1. The second kappa shape index (κ2) is 5.61. The van der Waals surface area contributed by atoms with Crippen molar-refractivity contribution in [3.05, 3.63) is 23.8 Å². The van der Waals surface area contributed by atoms with E-state index >= 15 is 0 Å². The molecule has 1 aromatic carbocycles. The summed E-state index contributed by atoms with van der Waals surface area (Å²) < 4.78 is 4.75. The molecule has 0 amide bonds. The van der Waals surface area contributed by atoms with Gasteiger partial charge >= 0.3 is 5.97 Å². The second-order valence-electron chi connectivity index (χ2n) is 3.04. The number of rotatable bonds is 4. The summed E-state index contributed by atoms with van der Waals surface area (Å²) >= 11 is 0. The van der Waals surface area contributed by atoms with E-state index in [1.165, 1.54) is 0 Å². The average molecular weight is 219 g/mol. The zero-order valence-corrected chi connectivity index (χ0v) is 8.99. The molecule has 1 aromatic rings. The number of carbonyl (C=O) groups excluding carboxylic acids is 1. The number of nitriles is 1. The molecular weight excluding hydrogens is 206 g/mol. The van der Waals surface area contributed by atoms with Gasteiger partial charge in [-0.05, 0) is 19.1 Å². The molecule has 0 heterocycles. The summed E-state index contributed by atoms with van der Waals surface area (Å²) in [6, 6.07) is 6.98. The van der Waals surface area contributed by atoms with Crippen LogP contribution in [0.5, 0.6) is 0 Å². The summed E-state index contributed by atoms with van der Waals surface area (Å²) in [6.07, 6.45) is 0. The van der Waals surface area contributed by atoms with Crippen LogP contribution in [0.2, 0.25) is 0 Å². The number of hydrogen-bond donors (Lipinski definition) is 2. The van der Waals surface area contributed by atoms with Crippen molar-refractivity contribution in [2.24, 2.45) is 0 Å². The van der Waals surface area contributed by atoms with E-state index in [4.69, 9.17) is 15.7 Å². The number of anilines is 2. The van der Waals surface area contributed by atoms with Crippen molar-refractivity contribution in [3.63, 3.8) is 0 Å². The van der Waals surface area contributed by atoms with Crippen molar-refractivity contribution in [2.45, 2.75) is 6.92 Å². The number of nitrogen functional groups attached to an aromatic ring is 1. The van der Waals surface area contributed by atoms with Crippen molar-refractivity contribution in [1.29, 1.82) is 5.26 Å². The Morgan fingerprint density at radius 3 is 3.00 bits per heavy atom. The molecule has 3 N–H and O–H groups in total. The molecule has 0 saturated carbocycles. The standard InChI is InChI=1S/C11H13N3O2/c1-2-16-10(15)7-14-9-5-3-4-8(6-12)11(9)13/h3-5,14H,2,7,13H2,1H3. The van der Waals surface area contributed by atoms with E-state index < -0.39 is 0 Å². The van der Waals surface area contributed by atoms with Gasteiger partial charge in [-0.3, -0.25) is 4.79 Å². The minimum absolute atomic E-state index is 0.0346. The van der Waals surface area contributed by atoms with Crippen LogP contribution in [0, 0.1) is 11.3 Å². The van der Waals surface area contributed by atoms with E-state index in [0.717, 1.165) is 0 Å². The van der Waals surface area contributed by atoms with E-state index in [9.17, 15) is 4.79 Å². The van der Waals surface area contributed by atoms with Crippen LogP contribution in [0.25, 0.3) is 0 Å². The zero-order valence-electron chi connectivity index (χ0n) is 8.99. The third kappa shape index (κ3) is 2.89. The van der Waals surface area contributed by atoms with Gasteiger partial charge in [0, 0.05) is 0 Å². The summed E-state index contributed by atoms with van der Waals surface area (Å²) in [4.78, 5) is 11.1. The topological polar surface area (TPSA) is 88.1 Å². The molecule has 1 rings (SSSR count). The highest BCUT2D eigenvalue weighted by Crippen LogP contribution is 2.21.